The summed E-state index contributed by atoms with van der Waals surface area (Å²) in [7, 11) is 0. The maximum Gasteiger partial charge on any atom is 0.247 e. The minimum absolute atomic E-state index is 0.104. The van der Waals surface area contributed by atoms with Crippen LogP contribution in [0.2, 0.25) is 0 Å². The van der Waals surface area contributed by atoms with Crippen LogP contribution in [0, 0.1) is 0 Å². The summed E-state index contributed by atoms with van der Waals surface area (Å²) in [5.41, 5.74) is 15.5. The van der Waals surface area contributed by atoms with Gasteiger partial charge in [0.2, 0.25) is 5.91 Å². The molecule has 1 aliphatic heterocycles. The smallest absolute Gasteiger partial charge is 0.247 e. The number of amides is 1. The number of rotatable bonds is 5. The van der Waals surface area contributed by atoms with Gasteiger partial charge in [-0.25, -0.2) is 15.0 Å². The molecule has 1 aliphatic rings. The van der Waals surface area contributed by atoms with Gasteiger partial charge in [0.1, 0.15) is 11.7 Å². The molecule has 0 saturated carbocycles. The van der Waals surface area contributed by atoms with Gasteiger partial charge < -0.3 is 16.8 Å². The van der Waals surface area contributed by atoms with Gasteiger partial charge in [-0.2, -0.15) is 0 Å². The van der Waals surface area contributed by atoms with Crippen LogP contribution in [0.3, 0.4) is 0 Å². The zero-order valence-electron chi connectivity index (χ0n) is 14.7. The summed E-state index contributed by atoms with van der Waals surface area (Å²) in [5, 5.41) is 2.88. The summed E-state index contributed by atoms with van der Waals surface area (Å²) in [6, 6.07) is 5.80. The second-order valence-corrected chi connectivity index (χ2v) is 6.07. The van der Waals surface area contributed by atoms with E-state index in [9.17, 15) is 4.79 Å². The molecule has 2 aromatic rings. The van der Waals surface area contributed by atoms with Gasteiger partial charge in [-0.05, 0) is 24.1 Å². The lowest BCUT2D eigenvalue weighted by Crippen LogP contribution is -2.27. The average molecular weight is 350 g/mol. The highest BCUT2D eigenvalue weighted by Gasteiger charge is 2.16. The van der Waals surface area contributed by atoms with E-state index < -0.39 is 0 Å². The fourth-order valence-corrected chi connectivity index (χ4v) is 2.68. The maximum atomic E-state index is 12.3. The third-order valence-corrected chi connectivity index (χ3v) is 4.04. The van der Waals surface area contributed by atoms with Gasteiger partial charge in [0, 0.05) is 42.1 Å². The Morgan fingerprint density at radius 3 is 2.69 bits per heavy atom. The van der Waals surface area contributed by atoms with E-state index in [0.717, 1.165) is 28.8 Å². The van der Waals surface area contributed by atoms with Crippen LogP contribution in [-0.2, 0) is 11.3 Å². The van der Waals surface area contributed by atoms with Crippen LogP contribution in [0.5, 0.6) is 0 Å². The van der Waals surface area contributed by atoms with E-state index in [2.05, 4.69) is 20.3 Å². The van der Waals surface area contributed by atoms with Gasteiger partial charge >= 0.3 is 0 Å². The van der Waals surface area contributed by atoms with Crippen LogP contribution in [0.15, 0.2) is 41.2 Å². The Morgan fingerprint density at radius 2 is 2.00 bits per heavy atom. The van der Waals surface area contributed by atoms with E-state index in [1.54, 1.807) is 12.4 Å². The molecule has 26 heavy (non-hydrogen) atoms. The monoisotopic (exact) mass is 350 g/mol. The van der Waals surface area contributed by atoms with Crippen molar-refractivity contribution in [3.05, 3.63) is 47.6 Å². The van der Waals surface area contributed by atoms with E-state index in [-0.39, 0.29) is 5.91 Å². The highest BCUT2D eigenvalue weighted by atomic mass is 16.1. The zero-order valence-corrected chi connectivity index (χ0v) is 14.7. The molecular weight excluding hydrogens is 328 g/mol. The number of nitrogens with one attached hydrogen (secondary N) is 1. The van der Waals surface area contributed by atoms with Crippen LogP contribution < -0.4 is 16.8 Å². The predicted octanol–water partition coefficient (Wildman–Crippen LogP) is 1.90. The van der Waals surface area contributed by atoms with E-state index in [1.165, 1.54) is 0 Å². The predicted molar refractivity (Wildman–Crippen MR) is 103 cm³/mol. The number of nitrogens with zero attached hydrogens (tertiary/aromatic N) is 3. The summed E-state index contributed by atoms with van der Waals surface area (Å²) in [6.07, 6.45) is 6.53. The van der Waals surface area contributed by atoms with Gasteiger partial charge in [0.25, 0.3) is 0 Å². The Balaban J connectivity index is 1.94. The Kier molecular flexibility index (Phi) is 5.38. The molecule has 3 rings (SSSR count). The molecule has 7 heteroatoms. The van der Waals surface area contributed by atoms with Crippen molar-refractivity contribution in [3.63, 3.8) is 0 Å². The van der Waals surface area contributed by atoms with Gasteiger partial charge in [0.15, 0.2) is 0 Å². The molecule has 5 N–H and O–H groups in total. The fourth-order valence-electron chi connectivity index (χ4n) is 2.68. The van der Waals surface area contributed by atoms with Gasteiger partial charge in [-0.3, -0.25) is 4.79 Å². The number of nitrogens with two attached hydrogens (primary N) is 2. The van der Waals surface area contributed by atoms with E-state index in [1.807, 2.05) is 31.2 Å². The standard InChI is InChI=1S/C19H22N6O/c1-2-5-22-19(26)14-6-13-4-3-12(7-16(13)25-17(21)8-14)15-10-23-18(9-20)24-11-15/h3-4,6-7,10-11H,2,5,8-9,20H2,1H3,(H2,21,25)(H,22,26). The van der Waals surface area contributed by atoms with Gasteiger partial charge in [-0.15, -0.1) is 0 Å². The minimum Gasteiger partial charge on any atom is -0.387 e. The number of aliphatic imine (C=N–C) groups is 1. The second kappa shape index (κ2) is 7.88. The van der Waals surface area contributed by atoms with Crippen LogP contribution >= 0.6 is 0 Å². The third kappa shape index (κ3) is 3.94. The van der Waals surface area contributed by atoms with Crippen molar-refractivity contribution in [1.82, 2.24) is 15.3 Å². The highest BCUT2D eigenvalue weighted by Crippen LogP contribution is 2.31. The van der Waals surface area contributed by atoms with Crippen LogP contribution in [-0.4, -0.2) is 28.3 Å². The van der Waals surface area contributed by atoms with Gasteiger partial charge in [-0.1, -0.05) is 19.1 Å². The van der Waals surface area contributed by atoms with Crippen LogP contribution in [0.25, 0.3) is 17.2 Å². The Bertz CT molecular complexity index is 870. The van der Waals surface area contributed by atoms with Crippen molar-refractivity contribution in [2.24, 2.45) is 16.5 Å². The molecule has 0 unspecified atom stereocenters. The molecule has 0 aliphatic carbocycles. The largest absolute Gasteiger partial charge is 0.387 e. The van der Waals surface area contributed by atoms with Crippen molar-refractivity contribution >= 4 is 23.5 Å². The molecule has 2 heterocycles. The molecule has 7 nitrogen and oxygen atoms in total. The van der Waals surface area contributed by atoms with E-state index in [0.29, 0.717) is 36.7 Å². The fraction of sp³-hybridized carbons (Fsp3) is 0.263. The zero-order chi connectivity index (χ0) is 18.5. The number of hydrogen-bond acceptors (Lipinski definition) is 6. The molecule has 134 valence electrons. The quantitative estimate of drug-likeness (QED) is 0.761. The number of aromatic nitrogens is 2. The normalized spacial score (nSPS) is 13.3. The average Bonchev–Trinajstić information content (AvgIpc) is 2.83. The number of fused-ring (bicyclic) bond motifs is 1. The molecule has 0 spiro atoms. The molecule has 0 fully saturated rings. The highest BCUT2D eigenvalue weighted by molar-refractivity contribution is 6.05. The number of hydrogen-bond donors (Lipinski definition) is 3. The molecule has 0 saturated heterocycles. The van der Waals surface area contributed by atoms with Crippen molar-refractivity contribution in [2.45, 2.75) is 26.3 Å². The third-order valence-electron chi connectivity index (χ3n) is 4.04. The van der Waals surface area contributed by atoms with Gasteiger partial charge in [0.05, 0.1) is 12.2 Å². The SMILES string of the molecule is CCCNC(=O)C1=Cc2ccc(-c3cnc(CN)nc3)cc2N=C(N)C1. The van der Waals surface area contributed by atoms with Crippen molar-refractivity contribution < 1.29 is 4.79 Å². The van der Waals surface area contributed by atoms with Crippen molar-refractivity contribution in [2.75, 3.05) is 6.54 Å². The summed E-state index contributed by atoms with van der Waals surface area (Å²) < 4.78 is 0. The van der Waals surface area contributed by atoms with Crippen LogP contribution in [0.1, 0.15) is 31.2 Å². The maximum absolute atomic E-state index is 12.3. The molecule has 0 bridgehead atoms. The minimum atomic E-state index is -0.104. The van der Waals surface area contributed by atoms with Crippen molar-refractivity contribution in [3.8, 4) is 11.1 Å². The Morgan fingerprint density at radius 1 is 1.23 bits per heavy atom. The molecule has 0 radical (unpaired) electrons. The summed E-state index contributed by atoms with van der Waals surface area (Å²) in [5.74, 6) is 0.901. The lowest BCUT2D eigenvalue weighted by atomic mass is 10.0. The first-order chi connectivity index (χ1) is 12.6. The number of carbonyl (C=O) groups excluding carboxylic acids is 1. The second-order valence-electron chi connectivity index (χ2n) is 6.07. The first-order valence-electron chi connectivity index (χ1n) is 8.58. The molecular formula is C19H22N6O. The topological polar surface area (TPSA) is 119 Å². The van der Waals surface area contributed by atoms with Crippen molar-refractivity contribution in [1.29, 1.82) is 0 Å². The summed E-state index contributed by atoms with van der Waals surface area (Å²) in [6.45, 7) is 2.95. The Hall–Kier alpha value is -3.06. The number of benzene rings is 1. The lowest BCUT2D eigenvalue weighted by Gasteiger charge is -2.07. The Labute approximate surface area is 152 Å². The summed E-state index contributed by atoms with van der Waals surface area (Å²) >= 11 is 0. The van der Waals surface area contributed by atoms with Crippen LogP contribution in [0.4, 0.5) is 5.69 Å². The summed E-state index contributed by atoms with van der Waals surface area (Å²) in [4.78, 5) is 25.2. The van der Waals surface area contributed by atoms with E-state index >= 15 is 0 Å². The lowest BCUT2D eigenvalue weighted by molar-refractivity contribution is -0.117. The molecule has 1 amide bonds. The first kappa shape index (κ1) is 17.8. The number of carbonyl (C=O) groups is 1. The molecule has 1 aromatic heterocycles. The molecule has 0 atom stereocenters. The number of amidine groups is 1. The van der Waals surface area contributed by atoms with E-state index in [4.69, 9.17) is 11.5 Å². The first-order valence-corrected chi connectivity index (χ1v) is 8.58. The molecule has 1 aromatic carbocycles.